The van der Waals surface area contributed by atoms with Crippen molar-refractivity contribution in [1.82, 2.24) is 15.3 Å². The van der Waals surface area contributed by atoms with Gasteiger partial charge in [0.25, 0.3) is 0 Å². The van der Waals surface area contributed by atoms with Crippen LogP contribution in [0.4, 0.5) is 17.5 Å². The molecule has 2 unspecified atom stereocenters. The number of aromatic nitrogens is 2. The minimum absolute atomic E-state index is 0.219. The predicted molar refractivity (Wildman–Crippen MR) is 149 cm³/mol. The molecule has 0 radical (unpaired) electrons. The number of hydrogen-bond acceptors (Lipinski definition) is 8. The monoisotopic (exact) mass is 530 g/mol. The van der Waals surface area contributed by atoms with Crippen LogP contribution in [0.1, 0.15) is 43.0 Å². The molecular weight excluding hydrogens is 496 g/mol. The summed E-state index contributed by atoms with van der Waals surface area (Å²) < 4.78 is 12.9. The third kappa shape index (κ3) is 4.12. The second kappa shape index (κ2) is 9.23. The molecule has 2 aliphatic carbocycles. The van der Waals surface area contributed by atoms with Gasteiger partial charge in [0.2, 0.25) is 5.95 Å². The van der Waals surface area contributed by atoms with Gasteiger partial charge >= 0.3 is 0 Å². The molecule has 0 spiro atoms. The first-order chi connectivity index (χ1) is 18.5. The molecule has 3 fully saturated rings. The molecule has 2 aromatic rings. The molecule has 0 bridgehead atoms. The summed E-state index contributed by atoms with van der Waals surface area (Å²) in [4.78, 5) is 20.3. The van der Waals surface area contributed by atoms with Gasteiger partial charge < -0.3 is 15.1 Å². The topological polar surface area (TPSA) is 110 Å². The van der Waals surface area contributed by atoms with E-state index in [9.17, 15) is 4.21 Å². The molecule has 1 aromatic heterocycles. The number of anilines is 3. The van der Waals surface area contributed by atoms with E-state index in [0.29, 0.717) is 30.0 Å². The van der Waals surface area contributed by atoms with Gasteiger partial charge in [0.15, 0.2) is 6.19 Å². The average molecular weight is 531 g/mol. The van der Waals surface area contributed by atoms with Crippen molar-refractivity contribution in [3.63, 3.8) is 0 Å². The molecule has 3 aliphatic heterocycles. The van der Waals surface area contributed by atoms with Crippen molar-refractivity contribution in [3.8, 4) is 6.19 Å². The maximum Gasteiger partial charge on any atom is 0.227 e. The van der Waals surface area contributed by atoms with Crippen LogP contribution in [0.25, 0.3) is 0 Å². The van der Waals surface area contributed by atoms with E-state index in [4.69, 9.17) is 15.2 Å². The van der Waals surface area contributed by atoms with E-state index in [-0.39, 0.29) is 5.54 Å². The van der Waals surface area contributed by atoms with E-state index in [0.717, 1.165) is 74.2 Å². The fraction of sp³-hybridized carbons (Fsp3) is 0.571. The first-order valence-corrected chi connectivity index (χ1v) is 15.2. The van der Waals surface area contributed by atoms with Gasteiger partial charge in [0.1, 0.15) is 16.5 Å². The van der Waals surface area contributed by atoms with Gasteiger partial charge in [-0.1, -0.05) is 6.07 Å². The smallest absolute Gasteiger partial charge is 0.227 e. The Balaban J connectivity index is 1.10. The number of aliphatic imine (C=N–C) groups is 1. The molecule has 38 heavy (non-hydrogen) atoms. The van der Waals surface area contributed by atoms with Crippen molar-refractivity contribution in [3.05, 3.63) is 35.0 Å². The highest BCUT2D eigenvalue weighted by atomic mass is 32.2. The number of benzene rings is 1. The highest BCUT2D eigenvalue weighted by Crippen LogP contribution is 2.41. The van der Waals surface area contributed by atoms with Crippen LogP contribution in [-0.2, 0) is 30.1 Å². The van der Waals surface area contributed by atoms with E-state index in [1.807, 2.05) is 6.19 Å². The van der Waals surface area contributed by atoms with E-state index >= 15 is 0 Å². The SMILES string of the molecule is CC(=NCC1(Nc2nc(N3CC4CN(c5ccc6c(c5)CC6)CC4C3)nc3c2[S@](=O)CC3)CCC1)NC#N. The predicted octanol–water partition coefficient (Wildman–Crippen LogP) is 2.64. The maximum absolute atomic E-state index is 12.9. The lowest BCUT2D eigenvalue weighted by Gasteiger charge is -2.42. The summed E-state index contributed by atoms with van der Waals surface area (Å²) in [6.45, 7) is 6.44. The summed E-state index contributed by atoms with van der Waals surface area (Å²) >= 11 is 0. The van der Waals surface area contributed by atoms with Crippen molar-refractivity contribution < 1.29 is 4.21 Å². The third-order valence-corrected chi connectivity index (χ3v) is 10.7. The average Bonchev–Trinajstić information content (AvgIpc) is 3.55. The van der Waals surface area contributed by atoms with Gasteiger partial charge in [-0.15, -0.1) is 0 Å². The molecule has 3 atom stereocenters. The lowest BCUT2D eigenvalue weighted by molar-refractivity contribution is 0.286. The lowest BCUT2D eigenvalue weighted by Crippen LogP contribution is -2.48. The second-order valence-corrected chi connectivity index (χ2v) is 13.1. The van der Waals surface area contributed by atoms with Gasteiger partial charge in [-0.25, -0.2) is 4.98 Å². The van der Waals surface area contributed by atoms with Gasteiger partial charge in [0.05, 0.1) is 28.6 Å². The van der Waals surface area contributed by atoms with E-state index in [1.54, 1.807) is 6.92 Å². The van der Waals surface area contributed by atoms with Crippen molar-refractivity contribution in [2.24, 2.45) is 16.8 Å². The zero-order valence-corrected chi connectivity index (χ0v) is 22.7. The Morgan fingerprint density at radius 2 is 1.89 bits per heavy atom. The van der Waals surface area contributed by atoms with Crippen LogP contribution in [0, 0.1) is 23.3 Å². The van der Waals surface area contributed by atoms with Crippen LogP contribution in [0.3, 0.4) is 0 Å². The zero-order chi connectivity index (χ0) is 25.9. The standard InChI is InChI=1S/C28H34N8OS/c1-18(31-17-29)30-16-28(8-2-9-28)34-26-25-24(7-10-38(25)37)32-27(33-26)36-14-21-12-35(13-22(21)15-36)23-6-5-19-3-4-20(19)11-23/h5-6,11,21-22H,2-4,7-10,12-16H2,1H3,(H,30,31)(H,32,33,34)/t21?,22?,38-/m1/s1. The van der Waals surface area contributed by atoms with Gasteiger partial charge in [-0.2, -0.15) is 10.2 Å². The van der Waals surface area contributed by atoms with Crippen LogP contribution in [0.2, 0.25) is 0 Å². The molecule has 5 aliphatic rings. The van der Waals surface area contributed by atoms with Crippen molar-refractivity contribution in [2.75, 3.05) is 53.6 Å². The van der Waals surface area contributed by atoms with Crippen LogP contribution in [0.15, 0.2) is 28.1 Å². The summed E-state index contributed by atoms with van der Waals surface area (Å²) in [6, 6.07) is 7.02. The molecule has 2 saturated heterocycles. The number of nitrogens with one attached hydrogen (secondary N) is 2. The Kier molecular flexibility index (Phi) is 5.80. The molecule has 4 heterocycles. The molecule has 198 valence electrons. The summed E-state index contributed by atoms with van der Waals surface area (Å²) in [5.74, 6) is 3.92. The van der Waals surface area contributed by atoms with Gasteiger partial charge in [0, 0.05) is 55.9 Å². The van der Waals surface area contributed by atoms with Gasteiger partial charge in [-0.3, -0.25) is 14.5 Å². The Bertz CT molecular complexity index is 1370. The minimum Gasteiger partial charge on any atom is -0.371 e. The van der Waals surface area contributed by atoms with Crippen molar-refractivity contribution >= 4 is 34.1 Å². The quantitative estimate of drug-likeness (QED) is 0.254. The normalized spacial score (nSPS) is 26.6. The fourth-order valence-electron chi connectivity index (χ4n) is 6.72. The Hall–Kier alpha value is -3.19. The molecular formula is C28H34N8OS. The Morgan fingerprint density at radius 3 is 2.55 bits per heavy atom. The van der Waals surface area contributed by atoms with Crippen LogP contribution >= 0.6 is 0 Å². The van der Waals surface area contributed by atoms with E-state index < -0.39 is 10.8 Å². The third-order valence-electron chi connectivity index (χ3n) is 9.21. The summed E-state index contributed by atoms with van der Waals surface area (Å²) in [5.41, 5.74) is 5.13. The number of fused-ring (bicyclic) bond motifs is 3. The molecule has 2 N–H and O–H groups in total. The molecule has 10 heteroatoms. The fourth-order valence-corrected chi connectivity index (χ4v) is 8.03. The van der Waals surface area contributed by atoms with Crippen LogP contribution < -0.4 is 20.4 Å². The highest BCUT2D eigenvalue weighted by molar-refractivity contribution is 7.85. The maximum atomic E-state index is 12.9. The van der Waals surface area contributed by atoms with E-state index in [1.165, 1.54) is 29.7 Å². The van der Waals surface area contributed by atoms with Crippen molar-refractivity contribution in [2.45, 2.75) is 55.9 Å². The Morgan fingerprint density at radius 1 is 1.13 bits per heavy atom. The second-order valence-electron chi connectivity index (χ2n) is 11.6. The van der Waals surface area contributed by atoms with Crippen LogP contribution in [0.5, 0.6) is 0 Å². The van der Waals surface area contributed by atoms with Crippen molar-refractivity contribution in [1.29, 1.82) is 5.26 Å². The number of aryl methyl sites for hydroxylation is 3. The summed E-state index contributed by atoms with van der Waals surface area (Å²) in [7, 11) is -1.08. The number of nitriles is 1. The first-order valence-electron chi connectivity index (χ1n) is 13.9. The molecule has 9 nitrogen and oxygen atoms in total. The molecule has 0 amide bonds. The molecule has 1 aromatic carbocycles. The number of hydrogen-bond donors (Lipinski definition) is 2. The molecule has 1 saturated carbocycles. The zero-order valence-electron chi connectivity index (χ0n) is 21.9. The number of amidine groups is 1. The minimum atomic E-state index is -1.08. The number of rotatable bonds is 6. The lowest BCUT2D eigenvalue weighted by atomic mass is 9.76. The highest BCUT2D eigenvalue weighted by Gasteiger charge is 2.43. The summed E-state index contributed by atoms with van der Waals surface area (Å²) in [5, 5.41) is 15.2. The van der Waals surface area contributed by atoms with Gasteiger partial charge in [-0.05, 0) is 62.3 Å². The Labute approximate surface area is 226 Å². The van der Waals surface area contributed by atoms with Crippen LogP contribution in [-0.4, -0.2) is 64.0 Å². The van der Waals surface area contributed by atoms with E-state index in [2.05, 4.69) is 43.6 Å². The first kappa shape index (κ1) is 23.9. The number of nitrogens with zero attached hydrogens (tertiary/aromatic N) is 6. The largest absolute Gasteiger partial charge is 0.371 e. The summed E-state index contributed by atoms with van der Waals surface area (Å²) in [6.07, 6.45) is 8.18. The molecule has 7 rings (SSSR count).